The molecule has 5 heteroatoms. The van der Waals surface area contributed by atoms with Gasteiger partial charge < -0.3 is 11.1 Å². The second-order valence-electron chi connectivity index (χ2n) is 3.96. The number of aromatic nitrogens is 1. The van der Waals surface area contributed by atoms with Crippen molar-refractivity contribution < 1.29 is 4.79 Å². The lowest BCUT2D eigenvalue weighted by molar-refractivity contribution is 0.0944. The maximum atomic E-state index is 11.6. The molecular formula is C11H16ClN3O. The van der Waals surface area contributed by atoms with Crippen molar-refractivity contribution in [2.45, 2.75) is 19.9 Å². The fourth-order valence-electron chi connectivity index (χ4n) is 1.07. The van der Waals surface area contributed by atoms with E-state index < -0.39 is 0 Å². The molecule has 0 unspecified atom stereocenters. The Morgan fingerprint density at radius 1 is 1.56 bits per heavy atom. The summed E-state index contributed by atoms with van der Waals surface area (Å²) in [7, 11) is 0. The summed E-state index contributed by atoms with van der Waals surface area (Å²) in [6.45, 7) is 4.45. The van der Waals surface area contributed by atoms with E-state index in [1.165, 1.54) is 0 Å². The fraction of sp³-hybridized carbons (Fsp3) is 0.455. The number of amides is 1. The van der Waals surface area contributed by atoms with Gasteiger partial charge in [0.1, 0.15) is 10.8 Å². The lowest BCUT2D eigenvalue weighted by atomic mass is 10.1. The molecule has 0 aliphatic carbocycles. The molecule has 0 fully saturated rings. The van der Waals surface area contributed by atoms with Crippen molar-refractivity contribution in [2.24, 2.45) is 11.7 Å². The van der Waals surface area contributed by atoms with E-state index in [0.29, 0.717) is 23.3 Å². The first-order chi connectivity index (χ1) is 7.50. The molecule has 0 saturated carbocycles. The summed E-state index contributed by atoms with van der Waals surface area (Å²) in [6.07, 6.45) is 0. The van der Waals surface area contributed by atoms with Gasteiger partial charge in [0.05, 0.1) is 0 Å². The summed E-state index contributed by atoms with van der Waals surface area (Å²) in [5.41, 5.74) is 6.12. The first-order valence-corrected chi connectivity index (χ1v) is 5.55. The van der Waals surface area contributed by atoms with Crippen LogP contribution in [0, 0.1) is 5.92 Å². The van der Waals surface area contributed by atoms with Crippen LogP contribution in [0.3, 0.4) is 0 Å². The molecule has 1 heterocycles. The molecule has 1 amide bonds. The molecule has 1 aromatic heterocycles. The van der Waals surface area contributed by atoms with Gasteiger partial charge in [-0.15, -0.1) is 0 Å². The molecule has 1 rings (SSSR count). The number of nitrogens with two attached hydrogens (primary N) is 1. The van der Waals surface area contributed by atoms with Crippen molar-refractivity contribution in [3.63, 3.8) is 0 Å². The zero-order chi connectivity index (χ0) is 12.1. The fourth-order valence-corrected chi connectivity index (χ4v) is 1.24. The Balaban J connectivity index is 2.53. The van der Waals surface area contributed by atoms with Crippen LogP contribution < -0.4 is 11.1 Å². The molecule has 0 bridgehead atoms. The minimum absolute atomic E-state index is 0.0527. The Labute approximate surface area is 100 Å². The lowest BCUT2D eigenvalue weighted by Gasteiger charge is -2.15. The van der Waals surface area contributed by atoms with Crippen LogP contribution in [0.1, 0.15) is 24.3 Å². The third kappa shape index (κ3) is 3.79. The number of carbonyl (C=O) groups is 1. The van der Waals surface area contributed by atoms with Crippen LogP contribution in [-0.2, 0) is 0 Å². The van der Waals surface area contributed by atoms with Crippen molar-refractivity contribution in [3.8, 4) is 0 Å². The SMILES string of the molecule is CC(C)[C@H](N)CNC(=O)c1cccc(Cl)n1. The standard InChI is InChI=1S/C11H16ClN3O/c1-7(2)8(13)6-14-11(16)9-4-3-5-10(12)15-9/h3-5,7-8H,6,13H2,1-2H3,(H,14,16)/t8-/m1/s1. The Bertz CT molecular complexity index is 368. The van der Waals surface area contributed by atoms with Crippen LogP contribution in [0.5, 0.6) is 0 Å². The zero-order valence-electron chi connectivity index (χ0n) is 9.40. The first kappa shape index (κ1) is 12.9. The first-order valence-electron chi connectivity index (χ1n) is 5.17. The normalized spacial score (nSPS) is 12.6. The molecule has 0 aromatic carbocycles. The summed E-state index contributed by atoms with van der Waals surface area (Å²) in [5.74, 6) is 0.0752. The van der Waals surface area contributed by atoms with Crippen LogP contribution in [0.25, 0.3) is 0 Å². The van der Waals surface area contributed by atoms with Gasteiger partial charge in [-0.2, -0.15) is 0 Å². The molecule has 0 aliphatic heterocycles. The zero-order valence-corrected chi connectivity index (χ0v) is 10.2. The van der Waals surface area contributed by atoms with Crippen molar-refractivity contribution in [1.29, 1.82) is 0 Å². The van der Waals surface area contributed by atoms with Gasteiger partial charge in [-0.1, -0.05) is 31.5 Å². The second kappa shape index (κ2) is 5.82. The van der Waals surface area contributed by atoms with Crippen LogP contribution in [0.15, 0.2) is 18.2 Å². The van der Waals surface area contributed by atoms with E-state index in [0.717, 1.165) is 0 Å². The highest BCUT2D eigenvalue weighted by Gasteiger charge is 2.11. The molecule has 1 aromatic rings. The van der Waals surface area contributed by atoms with Crippen LogP contribution in [0.2, 0.25) is 5.15 Å². The number of hydrogen-bond donors (Lipinski definition) is 2. The minimum atomic E-state index is -0.251. The van der Waals surface area contributed by atoms with Crippen molar-refractivity contribution >= 4 is 17.5 Å². The van der Waals surface area contributed by atoms with E-state index in [2.05, 4.69) is 10.3 Å². The number of pyridine rings is 1. The predicted molar refractivity (Wildman–Crippen MR) is 64.4 cm³/mol. The summed E-state index contributed by atoms with van der Waals surface area (Å²) < 4.78 is 0. The summed E-state index contributed by atoms with van der Waals surface area (Å²) in [6, 6.07) is 4.87. The molecule has 0 radical (unpaired) electrons. The average molecular weight is 242 g/mol. The van der Waals surface area contributed by atoms with Gasteiger partial charge >= 0.3 is 0 Å². The molecule has 3 N–H and O–H groups in total. The molecule has 88 valence electrons. The summed E-state index contributed by atoms with van der Waals surface area (Å²) in [4.78, 5) is 15.5. The Morgan fingerprint density at radius 3 is 2.81 bits per heavy atom. The molecule has 16 heavy (non-hydrogen) atoms. The van der Waals surface area contributed by atoms with E-state index >= 15 is 0 Å². The summed E-state index contributed by atoms with van der Waals surface area (Å²) in [5, 5.41) is 3.03. The quantitative estimate of drug-likeness (QED) is 0.784. The number of nitrogens with zero attached hydrogens (tertiary/aromatic N) is 1. The third-order valence-electron chi connectivity index (χ3n) is 2.30. The highest BCUT2D eigenvalue weighted by Crippen LogP contribution is 2.05. The molecule has 0 saturated heterocycles. The second-order valence-corrected chi connectivity index (χ2v) is 4.35. The van der Waals surface area contributed by atoms with E-state index in [4.69, 9.17) is 17.3 Å². The highest BCUT2D eigenvalue weighted by atomic mass is 35.5. The van der Waals surface area contributed by atoms with Gasteiger partial charge in [-0.05, 0) is 18.1 Å². The highest BCUT2D eigenvalue weighted by molar-refractivity contribution is 6.29. The van der Waals surface area contributed by atoms with Crippen LogP contribution in [0.4, 0.5) is 0 Å². The molecule has 0 aliphatic rings. The molecule has 0 spiro atoms. The van der Waals surface area contributed by atoms with E-state index in [-0.39, 0.29) is 11.9 Å². The van der Waals surface area contributed by atoms with Gasteiger partial charge in [0, 0.05) is 12.6 Å². The predicted octanol–water partition coefficient (Wildman–Crippen LogP) is 1.45. The third-order valence-corrected chi connectivity index (χ3v) is 2.51. The molecule has 4 nitrogen and oxygen atoms in total. The van der Waals surface area contributed by atoms with Gasteiger partial charge in [0.2, 0.25) is 0 Å². The van der Waals surface area contributed by atoms with Crippen LogP contribution in [-0.4, -0.2) is 23.5 Å². The monoisotopic (exact) mass is 241 g/mol. The van der Waals surface area contributed by atoms with Crippen molar-refractivity contribution in [3.05, 3.63) is 29.0 Å². The summed E-state index contributed by atoms with van der Waals surface area (Å²) >= 11 is 5.69. The maximum absolute atomic E-state index is 11.6. The number of halogens is 1. The van der Waals surface area contributed by atoms with E-state index in [9.17, 15) is 4.79 Å². The number of carbonyl (C=O) groups excluding carboxylic acids is 1. The van der Waals surface area contributed by atoms with Crippen molar-refractivity contribution in [2.75, 3.05) is 6.54 Å². The molecule has 1 atom stereocenters. The van der Waals surface area contributed by atoms with E-state index in [1.807, 2.05) is 13.8 Å². The van der Waals surface area contributed by atoms with Gasteiger partial charge in [-0.3, -0.25) is 4.79 Å². The largest absolute Gasteiger partial charge is 0.349 e. The lowest BCUT2D eigenvalue weighted by Crippen LogP contribution is -2.40. The van der Waals surface area contributed by atoms with Gasteiger partial charge in [0.25, 0.3) is 5.91 Å². The average Bonchev–Trinajstić information content (AvgIpc) is 2.25. The Kier molecular flexibility index (Phi) is 4.71. The number of rotatable bonds is 4. The Morgan fingerprint density at radius 2 is 2.25 bits per heavy atom. The number of hydrogen-bond acceptors (Lipinski definition) is 3. The Hall–Kier alpha value is -1.13. The molecular weight excluding hydrogens is 226 g/mol. The van der Waals surface area contributed by atoms with E-state index in [1.54, 1.807) is 18.2 Å². The van der Waals surface area contributed by atoms with Gasteiger partial charge in [0.15, 0.2) is 0 Å². The number of nitrogens with one attached hydrogen (secondary N) is 1. The van der Waals surface area contributed by atoms with Crippen molar-refractivity contribution in [1.82, 2.24) is 10.3 Å². The van der Waals surface area contributed by atoms with Crippen LogP contribution >= 0.6 is 11.6 Å². The smallest absolute Gasteiger partial charge is 0.269 e. The van der Waals surface area contributed by atoms with Gasteiger partial charge in [-0.25, -0.2) is 4.98 Å². The topological polar surface area (TPSA) is 68.0 Å². The minimum Gasteiger partial charge on any atom is -0.349 e. The maximum Gasteiger partial charge on any atom is 0.269 e.